The van der Waals surface area contributed by atoms with Gasteiger partial charge in [-0.25, -0.2) is 4.39 Å². The zero-order valence-corrected chi connectivity index (χ0v) is 12.4. The van der Waals surface area contributed by atoms with Crippen molar-refractivity contribution in [1.29, 1.82) is 0 Å². The molecule has 0 aromatic heterocycles. The van der Waals surface area contributed by atoms with Crippen molar-refractivity contribution in [3.8, 4) is 0 Å². The van der Waals surface area contributed by atoms with Crippen molar-refractivity contribution in [1.82, 2.24) is 5.32 Å². The largest absolute Gasteiger partial charge is 0.381 e. The molecule has 0 spiro atoms. The highest BCUT2D eigenvalue weighted by Crippen LogP contribution is 2.29. The number of rotatable bonds is 3. The summed E-state index contributed by atoms with van der Waals surface area (Å²) in [7, 11) is 0. The number of amides is 1. The molecule has 1 heterocycles. The van der Waals surface area contributed by atoms with Crippen molar-refractivity contribution in [2.45, 2.75) is 19.8 Å². The van der Waals surface area contributed by atoms with Gasteiger partial charge in [0, 0.05) is 24.2 Å². The predicted octanol–water partition coefficient (Wildman–Crippen LogP) is 3.13. The van der Waals surface area contributed by atoms with Crippen LogP contribution in [-0.4, -0.2) is 25.7 Å². The number of carbonyl (C=O) groups excluding carboxylic acids is 1. The van der Waals surface area contributed by atoms with Gasteiger partial charge in [-0.05, 0) is 52.4 Å². The quantitative estimate of drug-likeness (QED) is 0.925. The minimum atomic E-state index is -0.411. The lowest BCUT2D eigenvalue weighted by atomic mass is 9.82. The molecular weight excluding hydrogens is 313 g/mol. The standard InChI is InChI=1S/C14H17BrFNO2/c1-14(4-6-19-7-5-14)9-17-13(18)11-8-10(16)2-3-12(11)15/h2-3,8H,4-7,9H2,1H3,(H,17,18). The summed E-state index contributed by atoms with van der Waals surface area (Å²) >= 11 is 3.26. The molecule has 0 radical (unpaired) electrons. The van der Waals surface area contributed by atoms with Gasteiger partial charge in [0.2, 0.25) is 0 Å². The van der Waals surface area contributed by atoms with Gasteiger partial charge in [-0.1, -0.05) is 6.92 Å². The maximum absolute atomic E-state index is 13.2. The Morgan fingerprint density at radius 2 is 2.16 bits per heavy atom. The van der Waals surface area contributed by atoms with Crippen LogP contribution in [0.5, 0.6) is 0 Å². The molecule has 1 N–H and O–H groups in total. The summed E-state index contributed by atoms with van der Waals surface area (Å²) in [6, 6.07) is 4.10. The highest BCUT2D eigenvalue weighted by molar-refractivity contribution is 9.10. The second-order valence-electron chi connectivity index (χ2n) is 5.23. The summed E-state index contributed by atoms with van der Waals surface area (Å²) in [5, 5.41) is 2.89. The number of benzene rings is 1. The molecule has 1 aliphatic heterocycles. The SMILES string of the molecule is CC1(CNC(=O)c2cc(F)ccc2Br)CCOCC1. The van der Waals surface area contributed by atoms with E-state index < -0.39 is 5.82 Å². The minimum Gasteiger partial charge on any atom is -0.381 e. The van der Waals surface area contributed by atoms with Crippen LogP contribution in [-0.2, 0) is 4.74 Å². The molecule has 0 saturated carbocycles. The van der Waals surface area contributed by atoms with E-state index in [1.54, 1.807) is 6.07 Å². The minimum absolute atomic E-state index is 0.0632. The lowest BCUT2D eigenvalue weighted by molar-refractivity contribution is 0.0238. The maximum atomic E-state index is 13.2. The fourth-order valence-corrected chi connectivity index (χ4v) is 2.53. The van der Waals surface area contributed by atoms with E-state index in [0.717, 1.165) is 26.1 Å². The number of halogens is 2. The van der Waals surface area contributed by atoms with E-state index in [-0.39, 0.29) is 11.3 Å². The van der Waals surface area contributed by atoms with Crippen LogP contribution in [0.1, 0.15) is 30.1 Å². The molecule has 0 bridgehead atoms. The molecule has 0 atom stereocenters. The van der Waals surface area contributed by atoms with E-state index >= 15 is 0 Å². The molecule has 0 aliphatic carbocycles. The van der Waals surface area contributed by atoms with Crippen molar-refractivity contribution in [3.63, 3.8) is 0 Å². The Bertz CT molecular complexity index is 473. The summed E-state index contributed by atoms with van der Waals surface area (Å²) in [5.41, 5.74) is 0.393. The maximum Gasteiger partial charge on any atom is 0.252 e. The van der Waals surface area contributed by atoms with Gasteiger partial charge in [-0.3, -0.25) is 4.79 Å². The molecule has 2 rings (SSSR count). The molecule has 1 aromatic carbocycles. The summed E-state index contributed by atoms with van der Waals surface area (Å²) in [5.74, 6) is -0.662. The lowest BCUT2D eigenvalue weighted by Crippen LogP contribution is -2.39. The first-order valence-corrected chi connectivity index (χ1v) is 7.10. The Balaban J connectivity index is 1.99. The van der Waals surface area contributed by atoms with Crippen LogP contribution in [0.2, 0.25) is 0 Å². The second-order valence-corrected chi connectivity index (χ2v) is 6.08. The van der Waals surface area contributed by atoms with Gasteiger partial charge >= 0.3 is 0 Å². The van der Waals surface area contributed by atoms with Gasteiger partial charge in [-0.2, -0.15) is 0 Å². The van der Waals surface area contributed by atoms with Crippen molar-refractivity contribution in [3.05, 3.63) is 34.1 Å². The van der Waals surface area contributed by atoms with Crippen molar-refractivity contribution in [2.75, 3.05) is 19.8 Å². The van der Waals surface area contributed by atoms with Gasteiger partial charge in [0.15, 0.2) is 0 Å². The first-order valence-electron chi connectivity index (χ1n) is 6.31. The van der Waals surface area contributed by atoms with Crippen molar-refractivity contribution < 1.29 is 13.9 Å². The topological polar surface area (TPSA) is 38.3 Å². The summed E-state index contributed by atoms with van der Waals surface area (Å²) in [6.45, 7) is 4.18. The normalized spacial score (nSPS) is 18.1. The van der Waals surface area contributed by atoms with Crippen LogP contribution in [0.15, 0.2) is 22.7 Å². The highest BCUT2D eigenvalue weighted by Gasteiger charge is 2.28. The fraction of sp³-hybridized carbons (Fsp3) is 0.500. The highest BCUT2D eigenvalue weighted by atomic mass is 79.9. The van der Waals surface area contributed by atoms with Crippen LogP contribution in [0.25, 0.3) is 0 Å². The Morgan fingerprint density at radius 3 is 2.84 bits per heavy atom. The van der Waals surface area contributed by atoms with Gasteiger partial charge in [0.25, 0.3) is 5.91 Å². The van der Waals surface area contributed by atoms with E-state index in [0.29, 0.717) is 16.6 Å². The van der Waals surface area contributed by atoms with E-state index in [1.165, 1.54) is 12.1 Å². The third kappa shape index (κ3) is 3.76. The Kier molecular flexibility index (Phi) is 4.58. The van der Waals surface area contributed by atoms with Crippen LogP contribution in [0.3, 0.4) is 0 Å². The number of hydrogen-bond acceptors (Lipinski definition) is 2. The molecular formula is C14H17BrFNO2. The molecule has 19 heavy (non-hydrogen) atoms. The third-order valence-electron chi connectivity index (χ3n) is 3.55. The molecule has 1 aromatic rings. The van der Waals surface area contributed by atoms with Crippen molar-refractivity contribution in [2.24, 2.45) is 5.41 Å². The van der Waals surface area contributed by atoms with E-state index in [4.69, 9.17) is 4.74 Å². The molecule has 1 saturated heterocycles. The number of nitrogens with one attached hydrogen (secondary N) is 1. The zero-order valence-electron chi connectivity index (χ0n) is 10.8. The third-order valence-corrected chi connectivity index (χ3v) is 4.24. The van der Waals surface area contributed by atoms with Crippen LogP contribution < -0.4 is 5.32 Å². The van der Waals surface area contributed by atoms with Crippen LogP contribution in [0, 0.1) is 11.2 Å². The molecule has 1 amide bonds. The number of hydrogen-bond donors (Lipinski definition) is 1. The number of carbonyl (C=O) groups is 1. The average molecular weight is 330 g/mol. The smallest absolute Gasteiger partial charge is 0.252 e. The number of ether oxygens (including phenoxy) is 1. The Labute approximate surface area is 120 Å². The lowest BCUT2D eigenvalue weighted by Gasteiger charge is -2.33. The molecule has 5 heteroatoms. The van der Waals surface area contributed by atoms with Crippen molar-refractivity contribution >= 4 is 21.8 Å². The molecule has 0 unspecified atom stereocenters. The monoisotopic (exact) mass is 329 g/mol. The van der Waals surface area contributed by atoms with Crippen LogP contribution >= 0.6 is 15.9 Å². The fourth-order valence-electron chi connectivity index (χ4n) is 2.10. The van der Waals surface area contributed by atoms with E-state index in [9.17, 15) is 9.18 Å². The summed E-state index contributed by atoms with van der Waals surface area (Å²) in [4.78, 5) is 12.1. The Morgan fingerprint density at radius 1 is 1.47 bits per heavy atom. The second kappa shape index (κ2) is 6.01. The van der Waals surface area contributed by atoms with Crippen LogP contribution in [0.4, 0.5) is 4.39 Å². The predicted molar refractivity (Wildman–Crippen MR) is 74.6 cm³/mol. The first kappa shape index (κ1) is 14.5. The first-order chi connectivity index (χ1) is 9.00. The van der Waals surface area contributed by atoms with Gasteiger partial charge < -0.3 is 10.1 Å². The molecule has 3 nitrogen and oxygen atoms in total. The summed E-state index contributed by atoms with van der Waals surface area (Å²) in [6.07, 6.45) is 1.86. The average Bonchev–Trinajstić information content (AvgIpc) is 2.40. The van der Waals surface area contributed by atoms with Gasteiger partial charge in [-0.15, -0.1) is 0 Å². The van der Waals surface area contributed by atoms with Gasteiger partial charge in [0.05, 0.1) is 5.56 Å². The Hall–Kier alpha value is -0.940. The molecule has 104 valence electrons. The molecule has 1 aliphatic rings. The van der Waals surface area contributed by atoms with Gasteiger partial charge in [0.1, 0.15) is 5.82 Å². The van der Waals surface area contributed by atoms with E-state index in [1.807, 2.05) is 0 Å². The molecule has 1 fully saturated rings. The van der Waals surface area contributed by atoms with E-state index in [2.05, 4.69) is 28.2 Å². The zero-order chi connectivity index (χ0) is 13.9. The summed E-state index contributed by atoms with van der Waals surface area (Å²) < 4.78 is 19.1.